The molecule has 0 spiro atoms. The Morgan fingerprint density at radius 3 is 2.86 bits per heavy atom. The van der Waals surface area contributed by atoms with Crippen LogP contribution in [0.3, 0.4) is 0 Å². The number of nitrogen functional groups attached to an aromatic ring is 1. The summed E-state index contributed by atoms with van der Waals surface area (Å²) in [5, 5.41) is 8.57. The summed E-state index contributed by atoms with van der Waals surface area (Å²) >= 11 is 0. The van der Waals surface area contributed by atoms with E-state index in [1.165, 1.54) is 6.20 Å². The number of anilines is 1. The van der Waals surface area contributed by atoms with E-state index < -0.39 is 12.0 Å². The van der Waals surface area contributed by atoms with Crippen LogP contribution >= 0.6 is 0 Å². The average Bonchev–Trinajstić information content (AvgIpc) is 2.01. The molecule has 1 aromatic rings. The molecule has 5 heteroatoms. The molecule has 0 fully saturated rings. The van der Waals surface area contributed by atoms with Gasteiger partial charge >= 0.3 is 5.97 Å². The summed E-state index contributed by atoms with van der Waals surface area (Å²) in [7, 11) is 0. The maximum absolute atomic E-state index is 10.4. The van der Waals surface area contributed by atoms with Gasteiger partial charge in [0.15, 0.2) is 0 Å². The summed E-state index contributed by atoms with van der Waals surface area (Å²) in [4.78, 5) is 14.3. The lowest BCUT2D eigenvalue weighted by molar-refractivity contribution is -0.137. The Labute approximate surface area is 81.7 Å². The molecule has 76 valence electrons. The molecule has 5 nitrogen and oxygen atoms in total. The first-order valence-electron chi connectivity index (χ1n) is 4.20. The zero-order chi connectivity index (χ0) is 10.7. The molecule has 0 aliphatic carbocycles. The first-order valence-corrected chi connectivity index (χ1v) is 4.20. The number of rotatable bonds is 3. The molecule has 0 bridgehead atoms. The van der Waals surface area contributed by atoms with E-state index >= 15 is 0 Å². The van der Waals surface area contributed by atoms with E-state index in [0.717, 1.165) is 11.1 Å². The van der Waals surface area contributed by atoms with Gasteiger partial charge in [0.1, 0.15) is 5.82 Å². The third-order valence-electron chi connectivity index (χ3n) is 1.97. The maximum Gasteiger partial charge on any atom is 0.305 e. The summed E-state index contributed by atoms with van der Waals surface area (Å²) in [5.41, 5.74) is 12.7. The fraction of sp³-hybridized carbons (Fsp3) is 0.333. The lowest BCUT2D eigenvalue weighted by atomic mass is 10.0. The van der Waals surface area contributed by atoms with Crippen molar-refractivity contribution in [2.45, 2.75) is 19.4 Å². The van der Waals surface area contributed by atoms with Crippen LogP contribution in [0.1, 0.15) is 23.6 Å². The van der Waals surface area contributed by atoms with Crippen molar-refractivity contribution in [1.82, 2.24) is 4.98 Å². The normalized spacial score (nSPS) is 12.4. The fourth-order valence-corrected chi connectivity index (χ4v) is 1.27. The summed E-state index contributed by atoms with van der Waals surface area (Å²) in [6, 6.07) is 1.15. The SMILES string of the molecule is Cc1cc(N)ncc1[C@H](N)CC(=O)O. The third-order valence-corrected chi connectivity index (χ3v) is 1.97. The predicted molar refractivity (Wildman–Crippen MR) is 52.6 cm³/mol. The van der Waals surface area contributed by atoms with Crippen LogP contribution in [0.5, 0.6) is 0 Å². The van der Waals surface area contributed by atoms with E-state index in [1.54, 1.807) is 6.07 Å². The second-order valence-electron chi connectivity index (χ2n) is 3.17. The number of nitrogens with zero attached hydrogens (tertiary/aromatic N) is 1. The largest absolute Gasteiger partial charge is 0.481 e. The van der Waals surface area contributed by atoms with Gasteiger partial charge in [-0.3, -0.25) is 4.79 Å². The molecule has 0 unspecified atom stereocenters. The monoisotopic (exact) mass is 195 g/mol. The molecule has 0 saturated carbocycles. The number of aromatic nitrogens is 1. The van der Waals surface area contributed by atoms with Crippen molar-refractivity contribution in [3.8, 4) is 0 Å². The number of hydrogen-bond donors (Lipinski definition) is 3. The van der Waals surface area contributed by atoms with Gasteiger partial charge in [-0.2, -0.15) is 0 Å². The van der Waals surface area contributed by atoms with Gasteiger partial charge in [-0.25, -0.2) is 4.98 Å². The Morgan fingerprint density at radius 1 is 1.71 bits per heavy atom. The Kier molecular flexibility index (Phi) is 3.03. The van der Waals surface area contributed by atoms with E-state index in [1.807, 2.05) is 6.92 Å². The highest BCUT2D eigenvalue weighted by Crippen LogP contribution is 2.18. The zero-order valence-electron chi connectivity index (χ0n) is 7.90. The molecule has 0 saturated heterocycles. The van der Waals surface area contributed by atoms with Crippen LogP contribution in [0.25, 0.3) is 0 Å². The number of hydrogen-bond acceptors (Lipinski definition) is 4. The molecule has 1 rings (SSSR count). The van der Waals surface area contributed by atoms with Crippen molar-refractivity contribution in [3.05, 3.63) is 23.4 Å². The summed E-state index contributed by atoms with van der Waals surface area (Å²) in [6.07, 6.45) is 1.42. The quantitative estimate of drug-likeness (QED) is 0.649. The van der Waals surface area contributed by atoms with Crippen molar-refractivity contribution in [2.75, 3.05) is 5.73 Å². The van der Waals surface area contributed by atoms with Gasteiger partial charge in [0.2, 0.25) is 0 Å². The van der Waals surface area contributed by atoms with Crippen LogP contribution in [0.2, 0.25) is 0 Å². The van der Waals surface area contributed by atoms with Gasteiger partial charge in [0, 0.05) is 12.2 Å². The van der Waals surface area contributed by atoms with E-state index in [2.05, 4.69) is 4.98 Å². The molecule has 14 heavy (non-hydrogen) atoms. The number of aryl methyl sites for hydroxylation is 1. The lowest BCUT2D eigenvalue weighted by Gasteiger charge is -2.11. The van der Waals surface area contributed by atoms with Crippen LogP contribution < -0.4 is 11.5 Å². The Morgan fingerprint density at radius 2 is 2.36 bits per heavy atom. The second-order valence-corrected chi connectivity index (χ2v) is 3.17. The topological polar surface area (TPSA) is 102 Å². The average molecular weight is 195 g/mol. The van der Waals surface area contributed by atoms with Crippen LogP contribution in [0.15, 0.2) is 12.3 Å². The summed E-state index contributed by atoms with van der Waals surface area (Å²) in [5.74, 6) is -0.512. The van der Waals surface area contributed by atoms with Gasteiger partial charge in [0.05, 0.1) is 6.42 Å². The standard InChI is InChI=1S/C9H13N3O2/c1-5-2-8(11)12-4-6(5)7(10)3-9(13)14/h2,4,7H,3,10H2,1H3,(H2,11,12)(H,13,14)/t7-/m1/s1. The minimum Gasteiger partial charge on any atom is -0.481 e. The van der Waals surface area contributed by atoms with Gasteiger partial charge in [-0.15, -0.1) is 0 Å². The molecular formula is C9H13N3O2. The molecule has 1 atom stereocenters. The van der Waals surface area contributed by atoms with Crippen molar-refractivity contribution in [2.24, 2.45) is 5.73 Å². The number of nitrogens with two attached hydrogens (primary N) is 2. The second kappa shape index (κ2) is 4.06. The lowest BCUT2D eigenvalue weighted by Crippen LogP contribution is -2.16. The summed E-state index contributed by atoms with van der Waals surface area (Å²) in [6.45, 7) is 1.83. The zero-order valence-corrected chi connectivity index (χ0v) is 7.90. The molecule has 0 radical (unpaired) electrons. The van der Waals surface area contributed by atoms with Crippen LogP contribution in [-0.2, 0) is 4.79 Å². The summed E-state index contributed by atoms with van der Waals surface area (Å²) < 4.78 is 0. The maximum atomic E-state index is 10.4. The first-order chi connectivity index (χ1) is 6.50. The van der Waals surface area contributed by atoms with Gasteiger partial charge in [-0.1, -0.05) is 0 Å². The molecule has 0 aliphatic rings. The van der Waals surface area contributed by atoms with Gasteiger partial charge in [-0.05, 0) is 24.1 Å². The molecule has 5 N–H and O–H groups in total. The number of carbonyl (C=O) groups is 1. The van der Waals surface area contributed by atoms with Crippen molar-refractivity contribution in [1.29, 1.82) is 0 Å². The highest BCUT2D eigenvalue weighted by Gasteiger charge is 2.13. The van der Waals surface area contributed by atoms with Crippen LogP contribution in [0, 0.1) is 6.92 Å². The van der Waals surface area contributed by atoms with Crippen molar-refractivity contribution in [3.63, 3.8) is 0 Å². The first kappa shape index (κ1) is 10.5. The molecule has 0 aliphatic heterocycles. The van der Waals surface area contributed by atoms with E-state index in [9.17, 15) is 4.79 Å². The molecular weight excluding hydrogens is 182 g/mol. The molecule has 0 amide bonds. The third kappa shape index (κ3) is 2.43. The Bertz CT molecular complexity index is 352. The van der Waals surface area contributed by atoms with Crippen molar-refractivity contribution >= 4 is 11.8 Å². The highest BCUT2D eigenvalue weighted by atomic mass is 16.4. The smallest absolute Gasteiger partial charge is 0.305 e. The number of pyridine rings is 1. The Hall–Kier alpha value is -1.62. The van der Waals surface area contributed by atoms with Gasteiger partial charge in [0.25, 0.3) is 0 Å². The van der Waals surface area contributed by atoms with E-state index in [4.69, 9.17) is 16.6 Å². The van der Waals surface area contributed by atoms with E-state index in [-0.39, 0.29) is 6.42 Å². The van der Waals surface area contributed by atoms with Crippen LogP contribution in [0.4, 0.5) is 5.82 Å². The van der Waals surface area contributed by atoms with Gasteiger partial charge < -0.3 is 16.6 Å². The Balaban J connectivity index is 2.90. The number of aliphatic carboxylic acids is 1. The van der Waals surface area contributed by atoms with Crippen molar-refractivity contribution < 1.29 is 9.90 Å². The molecule has 1 heterocycles. The van der Waals surface area contributed by atoms with E-state index in [0.29, 0.717) is 5.82 Å². The predicted octanol–water partition coefficient (Wildman–Crippen LogP) is 0.447. The minimum atomic E-state index is -0.922. The molecule has 1 aromatic heterocycles. The number of carboxylic acid groups (broad SMARTS) is 1. The number of carboxylic acids is 1. The minimum absolute atomic E-state index is 0.105. The fourth-order valence-electron chi connectivity index (χ4n) is 1.27. The molecule has 0 aromatic carbocycles. The highest BCUT2D eigenvalue weighted by molar-refractivity contribution is 5.68. The van der Waals surface area contributed by atoms with Crippen LogP contribution in [-0.4, -0.2) is 16.1 Å².